The lowest BCUT2D eigenvalue weighted by Crippen LogP contribution is -2.26. The molecule has 0 radical (unpaired) electrons. The Balaban J connectivity index is 1.50. The number of carboxylic acids is 1. The molecule has 0 spiro atoms. The molecule has 0 unspecified atom stereocenters. The minimum atomic E-state index is -4.86. The number of aromatic carboxylic acids is 1. The van der Waals surface area contributed by atoms with Crippen LogP contribution >= 0.6 is 0 Å². The van der Waals surface area contributed by atoms with Gasteiger partial charge in [-0.3, -0.25) is 4.79 Å². The number of pyridine rings is 1. The number of piperidine rings is 1. The van der Waals surface area contributed by atoms with Gasteiger partial charge in [-0.2, -0.15) is 4.98 Å². The quantitative estimate of drug-likeness (QED) is 0.335. The zero-order chi connectivity index (χ0) is 26.9. The number of halogens is 3. The molecule has 9 nitrogen and oxygen atoms in total. The maximum Gasteiger partial charge on any atom is 0.573 e. The Kier molecular flexibility index (Phi) is 6.72. The van der Waals surface area contributed by atoms with Crippen molar-refractivity contribution in [3.8, 4) is 11.4 Å². The first-order valence-electron chi connectivity index (χ1n) is 11.8. The number of hydrogen-bond donors (Lipinski definition) is 3. The van der Waals surface area contributed by atoms with Crippen LogP contribution in [0.25, 0.3) is 16.7 Å². The molecular formula is C26H22F3N5O4. The van der Waals surface area contributed by atoms with Gasteiger partial charge in [0.05, 0.1) is 5.39 Å². The van der Waals surface area contributed by atoms with Crippen LogP contribution in [0.1, 0.15) is 34.7 Å². The first-order valence-corrected chi connectivity index (χ1v) is 11.8. The average molecular weight is 525 g/mol. The summed E-state index contributed by atoms with van der Waals surface area (Å²) in [6.45, 7) is 1.97. The molecule has 5 rings (SSSR count). The van der Waals surface area contributed by atoms with Crippen molar-refractivity contribution in [1.29, 1.82) is 0 Å². The second kappa shape index (κ2) is 10.1. The molecule has 12 heteroatoms. The summed E-state index contributed by atoms with van der Waals surface area (Å²) in [5.41, 5.74) is 0.983. The van der Waals surface area contributed by atoms with Gasteiger partial charge in [-0.05, 0) is 73.8 Å². The molecule has 4 aromatic rings. The molecule has 1 aliphatic rings. The van der Waals surface area contributed by atoms with E-state index in [2.05, 4.69) is 25.3 Å². The van der Waals surface area contributed by atoms with Crippen molar-refractivity contribution in [3.05, 3.63) is 82.3 Å². The van der Waals surface area contributed by atoms with Crippen LogP contribution in [-0.4, -0.2) is 45.1 Å². The van der Waals surface area contributed by atoms with Gasteiger partial charge in [0, 0.05) is 23.8 Å². The smallest absolute Gasteiger partial charge is 0.477 e. The van der Waals surface area contributed by atoms with Crippen LogP contribution in [0.5, 0.6) is 5.75 Å². The van der Waals surface area contributed by atoms with E-state index in [0.717, 1.165) is 44.3 Å². The molecule has 1 saturated heterocycles. The first-order chi connectivity index (χ1) is 18.2. The molecular weight excluding hydrogens is 503 g/mol. The Bertz CT molecular complexity index is 1530. The number of benzene rings is 2. The van der Waals surface area contributed by atoms with Gasteiger partial charge in [0.25, 0.3) is 0 Å². The van der Waals surface area contributed by atoms with Crippen molar-refractivity contribution in [2.75, 3.05) is 18.4 Å². The van der Waals surface area contributed by atoms with E-state index < -0.39 is 29.1 Å². The predicted molar refractivity (Wildman–Crippen MR) is 133 cm³/mol. The van der Waals surface area contributed by atoms with Crippen molar-refractivity contribution < 1.29 is 27.8 Å². The van der Waals surface area contributed by atoms with Crippen LogP contribution in [0.3, 0.4) is 0 Å². The van der Waals surface area contributed by atoms with E-state index in [1.54, 1.807) is 0 Å². The van der Waals surface area contributed by atoms with Crippen LogP contribution in [0.4, 0.5) is 24.8 Å². The first kappa shape index (κ1) is 25.2. The summed E-state index contributed by atoms with van der Waals surface area (Å²) < 4.78 is 42.8. The third-order valence-corrected chi connectivity index (χ3v) is 6.30. The van der Waals surface area contributed by atoms with Crippen molar-refractivity contribution in [3.63, 3.8) is 0 Å². The fourth-order valence-corrected chi connectivity index (χ4v) is 4.45. The highest BCUT2D eigenvalue weighted by Crippen LogP contribution is 2.28. The zero-order valence-corrected chi connectivity index (χ0v) is 19.8. The van der Waals surface area contributed by atoms with Crippen molar-refractivity contribution in [2.24, 2.45) is 0 Å². The van der Waals surface area contributed by atoms with Gasteiger partial charge in [-0.25, -0.2) is 9.78 Å². The zero-order valence-electron chi connectivity index (χ0n) is 19.8. The van der Waals surface area contributed by atoms with Gasteiger partial charge in [0.15, 0.2) is 5.65 Å². The maximum atomic E-state index is 12.8. The van der Waals surface area contributed by atoms with E-state index in [1.165, 1.54) is 28.5 Å². The Hall–Kier alpha value is -4.45. The minimum absolute atomic E-state index is 0.0627. The van der Waals surface area contributed by atoms with E-state index in [9.17, 15) is 27.9 Å². The molecule has 196 valence electrons. The molecule has 1 aliphatic heterocycles. The highest BCUT2D eigenvalue weighted by Gasteiger charge is 2.31. The average Bonchev–Trinajstić information content (AvgIpc) is 2.89. The van der Waals surface area contributed by atoms with Crippen LogP contribution in [0.15, 0.2) is 65.7 Å². The van der Waals surface area contributed by atoms with Crippen molar-refractivity contribution in [2.45, 2.75) is 25.1 Å². The molecule has 0 amide bonds. The van der Waals surface area contributed by atoms with E-state index in [1.807, 2.05) is 24.3 Å². The number of carboxylic acid groups (broad SMARTS) is 1. The lowest BCUT2D eigenvalue weighted by atomic mass is 9.90. The summed E-state index contributed by atoms with van der Waals surface area (Å²) in [6, 6.07) is 12.7. The van der Waals surface area contributed by atoms with E-state index in [0.29, 0.717) is 11.6 Å². The third-order valence-electron chi connectivity index (χ3n) is 6.30. The largest absolute Gasteiger partial charge is 0.573 e. The molecule has 0 atom stereocenters. The summed E-state index contributed by atoms with van der Waals surface area (Å²) >= 11 is 0. The molecule has 38 heavy (non-hydrogen) atoms. The van der Waals surface area contributed by atoms with Crippen LogP contribution < -0.4 is 20.8 Å². The lowest BCUT2D eigenvalue weighted by molar-refractivity contribution is -0.274. The standard InChI is InChI=1S/C26H22F3N5O4/c27-26(28,29)38-19-7-5-18(6-8-19)34-14-21(24(36)37)22(35)20-13-31-25(33-23(20)34)32-17-3-1-15(2-4-17)16-9-11-30-12-10-16/h1-8,13-14,16,30H,9-12H2,(H,36,37)(H,31,32,33). The van der Waals surface area contributed by atoms with Gasteiger partial charge in [-0.1, -0.05) is 12.1 Å². The van der Waals surface area contributed by atoms with Crippen LogP contribution in [-0.2, 0) is 0 Å². The van der Waals surface area contributed by atoms with Gasteiger partial charge < -0.3 is 25.0 Å². The van der Waals surface area contributed by atoms with Crippen molar-refractivity contribution in [1.82, 2.24) is 19.9 Å². The minimum Gasteiger partial charge on any atom is -0.477 e. The topological polar surface area (TPSA) is 118 Å². The normalized spacial score (nSPS) is 14.4. The number of aromatic nitrogens is 3. The number of alkyl halides is 3. The molecule has 0 bridgehead atoms. The molecule has 2 aromatic heterocycles. The van der Waals surface area contributed by atoms with E-state index in [4.69, 9.17) is 0 Å². The molecule has 3 N–H and O–H groups in total. The van der Waals surface area contributed by atoms with Gasteiger partial charge in [0.1, 0.15) is 11.3 Å². The maximum absolute atomic E-state index is 12.8. The monoisotopic (exact) mass is 525 g/mol. The van der Waals surface area contributed by atoms with E-state index >= 15 is 0 Å². The van der Waals surface area contributed by atoms with Gasteiger partial charge in [0.2, 0.25) is 11.4 Å². The van der Waals surface area contributed by atoms with Gasteiger partial charge in [-0.15, -0.1) is 13.2 Å². The molecule has 2 aromatic carbocycles. The number of carbonyl (C=O) groups is 1. The number of anilines is 2. The Morgan fingerprint density at radius 3 is 2.39 bits per heavy atom. The van der Waals surface area contributed by atoms with E-state index in [-0.39, 0.29) is 22.7 Å². The second-order valence-electron chi connectivity index (χ2n) is 8.79. The number of fused-ring (bicyclic) bond motifs is 1. The molecule has 0 aliphatic carbocycles. The molecule has 3 heterocycles. The van der Waals surface area contributed by atoms with Crippen LogP contribution in [0, 0.1) is 0 Å². The number of hydrogen-bond acceptors (Lipinski definition) is 7. The number of nitrogens with one attached hydrogen (secondary N) is 2. The highest BCUT2D eigenvalue weighted by atomic mass is 19.4. The Morgan fingerprint density at radius 2 is 1.76 bits per heavy atom. The number of rotatable bonds is 6. The second-order valence-corrected chi connectivity index (χ2v) is 8.79. The summed E-state index contributed by atoms with van der Waals surface area (Å²) in [4.78, 5) is 33.1. The summed E-state index contributed by atoms with van der Waals surface area (Å²) in [7, 11) is 0. The summed E-state index contributed by atoms with van der Waals surface area (Å²) in [5.74, 6) is -1.26. The predicted octanol–water partition coefficient (Wildman–Crippen LogP) is 4.59. The summed E-state index contributed by atoms with van der Waals surface area (Å²) in [6.07, 6.45) is -0.418. The van der Waals surface area contributed by atoms with Crippen molar-refractivity contribution >= 4 is 28.6 Å². The number of nitrogens with zero attached hydrogens (tertiary/aromatic N) is 3. The van der Waals surface area contributed by atoms with Crippen LogP contribution in [0.2, 0.25) is 0 Å². The third kappa shape index (κ3) is 5.44. The highest BCUT2D eigenvalue weighted by molar-refractivity contribution is 5.92. The number of ether oxygens (including phenoxy) is 1. The fourth-order valence-electron chi connectivity index (χ4n) is 4.45. The SMILES string of the molecule is O=C(O)c1cn(-c2ccc(OC(F)(F)F)cc2)c2nc(Nc3ccc(C4CCNCC4)cc3)ncc2c1=O. The Labute approximate surface area is 213 Å². The fraction of sp³-hybridized carbons (Fsp3) is 0.231. The Morgan fingerprint density at radius 1 is 1.08 bits per heavy atom. The lowest BCUT2D eigenvalue weighted by Gasteiger charge is -2.23. The molecule has 0 saturated carbocycles. The van der Waals surface area contributed by atoms with Gasteiger partial charge >= 0.3 is 12.3 Å². The summed E-state index contributed by atoms with van der Waals surface area (Å²) in [5, 5.41) is 15.9. The molecule has 1 fully saturated rings.